The number of hydrogen-bond acceptors (Lipinski definition) is 5. The summed E-state index contributed by atoms with van der Waals surface area (Å²) in [5.74, 6) is 2.64. The van der Waals surface area contributed by atoms with E-state index in [1.807, 2.05) is 12.1 Å². The van der Waals surface area contributed by atoms with Gasteiger partial charge in [0.2, 0.25) is 5.82 Å². The first-order chi connectivity index (χ1) is 14.7. The summed E-state index contributed by atoms with van der Waals surface area (Å²) in [5.41, 5.74) is 1.33. The van der Waals surface area contributed by atoms with E-state index in [0.717, 1.165) is 32.0 Å². The van der Waals surface area contributed by atoms with E-state index in [4.69, 9.17) is 4.42 Å². The number of furan rings is 1. The molecule has 0 aliphatic heterocycles. The molecular formula is C22H32IN7O. The Hall–Kier alpha value is -2.40. The molecule has 9 heteroatoms. The number of aromatic nitrogens is 3. The van der Waals surface area contributed by atoms with Gasteiger partial charge in [-0.25, -0.2) is 9.98 Å². The van der Waals surface area contributed by atoms with Gasteiger partial charge < -0.3 is 15.1 Å². The molecule has 2 aromatic heterocycles. The highest BCUT2D eigenvalue weighted by atomic mass is 127. The second-order valence-corrected chi connectivity index (χ2v) is 7.24. The molecule has 1 unspecified atom stereocenters. The fourth-order valence-electron chi connectivity index (χ4n) is 3.02. The molecule has 0 spiro atoms. The SMILES string of the molecule is CCNC(=NCc1nc(-c2ccco2)n[nH]1)NCCC(C)N(C)Cc1ccccc1.I. The van der Waals surface area contributed by atoms with Crippen molar-refractivity contribution in [2.24, 2.45) is 4.99 Å². The Labute approximate surface area is 201 Å². The van der Waals surface area contributed by atoms with Gasteiger partial charge in [-0.15, -0.1) is 29.1 Å². The lowest BCUT2D eigenvalue weighted by atomic mass is 10.1. The summed E-state index contributed by atoms with van der Waals surface area (Å²) >= 11 is 0. The first kappa shape index (κ1) is 24.9. The molecular weight excluding hydrogens is 505 g/mol. The Morgan fingerprint density at radius 3 is 2.71 bits per heavy atom. The van der Waals surface area contributed by atoms with Crippen molar-refractivity contribution in [2.75, 3.05) is 20.1 Å². The molecule has 2 heterocycles. The van der Waals surface area contributed by atoms with Gasteiger partial charge in [-0.05, 0) is 45.0 Å². The van der Waals surface area contributed by atoms with Gasteiger partial charge in [-0.2, -0.15) is 0 Å². The maximum absolute atomic E-state index is 5.32. The van der Waals surface area contributed by atoms with Crippen molar-refractivity contribution >= 4 is 29.9 Å². The van der Waals surface area contributed by atoms with Crippen molar-refractivity contribution in [1.82, 2.24) is 30.7 Å². The van der Waals surface area contributed by atoms with Crippen LogP contribution in [0.2, 0.25) is 0 Å². The smallest absolute Gasteiger partial charge is 0.216 e. The van der Waals surface area contributed by atoms with Crippen LogP contribution in [0.15, 0.2) is 58.1 Å². The minimum absolute atomic E-state index is 0. The van der Waals surface area contributed by atoms with E-state index >= 15 is 0 Å². The van der Waals surface area contributed by atoms with E-state index < -0.39 is 0 Å². The monoisotopic (exact) mass is 537 g/mol. The van der Waals surface area contributed by atoms with Crippen LogP contribution >= 0.6 is 24.0 Å². The second kappa shape index (κ2) is 13.1. The number of H-pyrrole nitrogens is 1. The summed E-state index contributed by atoms with van der Waals surface area (Å²) in [6, 6.07) is 14.6. The Balaban J connectivity index is 0.00000341. The lowest BCUT2D eigenvalue weighted by molar-refractivity contribution is 0.238. The number of nitrogens with one attached hydrogen (secondary N) is 3. The van der Waals surface area contributed by atoms with Gasteiger partial charge in [0.05, 0.1) is 6.26 Å². The van der Waals surface area contributed by atoms with E-state index in [2.05, 4.69) is 86.9 Å². The molecule has 0 amide bonds. The Bertz CT molecular complexity index is 896. The lowest BCUT2D eigenvalue weighted by Crippen LogP contribution is -2.40. The molecule has 0 bridgehead atoms. The molecule has 3 rings (SSSR count). The molecule has 0 saturated carbocycles. The largest absolute Gasteiger partial charge is 0.461 e. The summed E-state index contributed by atoms with van der Waals surface area (Å²) in [6.45, 7) is 7.28. The van der Waals surface area contributed by atoms with Gasteiger partial charge in [0.25, 0.3) is 0 Å². The van der Waals surface area contributed by atoms with E-state index in [-0.39, 0.29) is 24.0 Å². The van der Waals surface area contributed by atoms with Gasteiger partial charge in [-0.3, -0.25) is 10.00 Å². The van der Waals surface area contributed by atoms with Gasteiger partial charge in [-0.1, -0.05) is 30.3 Å². The third-order valence-electron chi connectivity index (χ3n) is 4.89. The number of hydrogen-bond donors (Lipinski definition) is 3. The molecule has 0 aliphatic rings. The minimum atomic E-state index is 0. The minimum Gasteiger partial charge on any atom is -0.461 e. The normalized spacial score (nSPS) is 12.5. The average molecular weight is 537 g/mol. The molecule has 0 aliphatic carbocycles. The molecule has 0 fully saturated rings. The van der Waals surface area contributed by atoms with E-state index in [0.29, 0.717) is 30.0 Å². The van der Waals surface area contributed by atoms with Crippen LogP contribution < -0.4 is 10.6 Å². The highest BCUT2D eigenvalue weighted by Crippen LogP contribution is 2.14. The number of benzene rings is 1. The number of rotatable bonds is 10. The van der Waals surface area contributed by atoms with Crippen LogP contribution in [0.25, 0.3) is 11.6 Å². The maximum Gasteiger partial charge on any atom is 0.216 e. The second-order valence-electron chi connectivity index (χ2n) is 7.24. The van der Waals surface area contributed by atoms with Gasteiger partial charge in [0, 0.05) is 25.7 Å². The highest BCUT2D eigenvalue weighted by molar-refractivity contribution is 14.0. The fraction of sp³-hybridized carbons (Fsp3) is 0.409. The number of nitrogens with zero attached hydrogens (tertiary/aromatic N) is 4. The average Bonchev–Trinajstić information content (AvgIpc) is 3.44. The van der Waals surface area contributed by atoms with Crippen molar-refractivity contribution in [2.45, 2.75) is 39.4 Å². The van der Waals surface area contributed by atoms with Crippen molar-refractivity contribution in [3.05, 3.63) is 60.1 Å². The van der Waals surface area contributed by atoms with Crippen LogP contribution in [0.5, 0.6) is 0 Å². The van der Waals surface area contributed by atoms with Gasteiger partial charge in [0.1, 0.15) is 12.4 Å². The summed E-state index contributed by atoms with van der Waals surface area (Å²) < 4.78 is 5.32. The molecule has 168 valence electrons. The molecule has 3 aromatic rings. The Morgan fingerprint density at radius 1 is 1.19 bits per heavy atom. The van der Waals surface area contributed by atoms with Crippen LogP contribution in [0.1, 0.15) is 31.7 Å². The third kappa shape index (κ3) is 7.98. The first-order valence-corrected chi connectivity index (χ1v) is 10.4. The predicted molar refractivity (Wildman–Crippen MR) is 134 cm³/mol. The Kier molecular flexibility index (Phi) is 10.5. The van der Waals surface area contributed by atoms with Crippen molar-refractivity contribution in [3.63, 3.8) is 0 Å². The van der Waals surface area contributed by atoms with Crippen LogP contribution in [0, 0.1) is 0 Å². The summed E-state index contributed by atoms with van der Waals surface area (Å²) in [5, 5.41) is 13.8. The molecule has 0 saturated heterocycles. The van der Waals surface area contributed by atoms with Gasteiger partial charge >= 0.3 is 0 Å². The van der Waals surface area contributed by atoms with E-state index in [9.17, 15) is 0 Å². The van der Waals surface area contributed by atoms with Crippen molar-refractivity contribution in [1.29, 1.82) is 0 Å². The third-order valence-corrected chi connectivity index (χ3v) is 4.89. The standard InChI is InChI=1S/C22H31N7O.HI/c1-4-23-22(25-15-20-26-21(28-27-20)19-11-8-14-30-19)24-13-12-17(2)29(3)16-18-9-6-5-7-10-18;/h5-11,14,17H,4,12-13,15-16H2,1-3H3,(H2,23,24,25)(H,26,27,28);1H. The van der Waals surface area contributed by atoms with E-state index in [1.165, 1.54) is 5.56 Å². The predicted octanol–water partition coefficient (Wildman–Crippen LogP) is 3.65. The van der Waals surface area contributed by atoms with Crippen LogP contribution in [0.3, 0.4) is 0 Å². The number of aromatic amines is 1. The number of aliphatic imine (C=N–C) groups is 1. The fourth-order valence-corrected chi connectivity index (χ4v) is 3.02. The zero-order valence-corrected chi connectivity index (χ0v) is 20.7. The quantitative estimate of drug-likeness (QED) is 0.208. The number of halogens is 1. The van der Waals surface area contributed by atoms with Crippen LogP contribution in [-0.2, 0) is 13.1 Å². The zero-order valence-electron chi connectivity index (χ0n) is 18.3. The highest BCUT2D eigenvalue weighted by Gasteiger charge is 2.11. The Morgan fingerprint density at radius 2 is 2.00 bits per heavy atom. The number of guanidine groups is 1. The summed E-state index contributed by atoms with van der Waals surface area (Å²) in [7, 11) is 2.16. The van der Waals surface area contributed by atoms with Gasteiger partial charge in [0.15, 0.2) is 11.7 Å². The lowest BCUT2D eigenvalue weighted by Gasteiger charge is -2.25. The maximum atomic E-state index is 5.32. The summed E-state index contributed by atoms with van der Waals surface area (Å²) in [4.78, 5) is 11.4. The first-order valence-electron chi connectivity index (χ1n) is 10.4. The zero-order chi connectivity index (χ0) is 21.2. The van der Waals surface area contributed by atoms with Crippen LogP contribution in [0.4, 0.5) is 0 Å². The van der Waals surface area contributed by atoms with E-state index in [1.54, 1.807) is 6.26 Å². The summed E-state index contributed by atoms with van der Waals surface area (Å²) in [6.07, 6.45) is 2.62. The molecule has 1 aromatic carbocycles. The molecule has 8 nitrogen and oxygen atoms in total. The molecule has 3 N–H and O–H groups in total. The molecule has 31 heavy (non-hydrogen) atoms. The van der Waals surface area contributed by atoms with Crippen molar-refractivity contribution < 1.29 is 4.42 Å². The molecule has 1 atom stereocenters. The van der Waals surface area contributed by atoms with Crippen LogP contribution in [-0.4, -0.2) is 52.2 Å². The topological polar surface area (TPSA) is 94.4 Å². The van der Waals surface area contributed by atoms with Crippen molar-refractivity contribution in [3.8, 4) is 11.6 Å². The molecule has 0 radical (unpaired) electrons.